The van der Waals surface area contributed by atoms with Gasteiger partial charge in [0.25, 0.3) is 0 Å². The fraction of sp³-hybridized carbons (Fsp3) is 0.172. The van der Waals surface area contributed by atoms with Crippen LogP contribution in [0.4, 0.5) is 4.39 Å². The first-order chi connectivity index (χ1) is 17.8. The summed E-state index contributed by atoms with van der Waals surface area (Å²) < 4.78 is 25.2. The molecule has 3 aromatic carbocycles. The van der Waals surface area contributed by atoms with E-state index in [1.165, 1.54) is 6.07 Å². The van der Waals surface area contributed by atoms with Gasteiger partial charge in [0.2, 0.25) is 0 Å². The fourth-order valence-corrected chi connectivity index (χ4v) is 5.40. The van der Waals surface area contributed by atoms with Crippen molar-refractivity contribution in [3.05, 3.63) is 116 Å². The van der Waals surface area contributed by atoms with Gasteiger partial charge < -0.3 is 14.8 Å². The number of rotatable bonds is 6. The fourth-order valence-electron chi connectivity index (χ4n) is 4.79. The molecule has 0 amide bonds. The number of ether oxygens (including phenoxy) is 2. The molecule has 0 aromatic heterocycles. The first-order valence-corrected chi connectivity index (χ1v) is 12.5. The van der Waals surface area contributed by atoms with Crippen LogP contribution in [0.5, 0.6) is 5.75 Å². The first kappa shape index (κ1) is 25.1. The summed E-state index contributed by atoms with van der Waals surface area (Å²) in [6.07, 6.45) is 0. The SMILES string of the molecule is CCOC(=O)C1=C(C)NC2=C(C(=O)c3ccccc32)[C@@H]1c1cc(Cl)c(OCc2ccccc2F)c(Cl)c1. The number of Topliss-reactive ketones (excluding diaryl/α,β-unsaturated/α-hetero) is 1. The molecule has 0 saturated carbocycles. The maximum atomic E-state index is 14.1. The second-order valence-electron chi connectivity index (χ2n) is 8.67. The number of hydrogen-bond donors (Lipinski definition) is 1. The van der Waals surface area contributed by atoms with Gasteiger partial charge in [0, 0.05) is 33.9 Å². The first-order valence-electron chi connectivity index (χ1n) is 11.7. The lowest BCUT2D eigenvalue weighted by molar-refractivity contribution is -0.138. The topological polar surface area (TPSA) is 64.6 Å². The van der Waals surface area contributed by atoms with E-state index < -0.39 is 17.7 Å². The normalized spacial score (nSPS) is 16.4. The van der Waals surface area contributed by atoms with Crippen LogP contribution in [0.3, 0.4) is 0 Å². The second-order valence-corrected chi connectivity index (χ2v) is 9.49. The Kier molecular flexibility index (Phi) is 6.80. The van der Waals surface area contributed by atoms with Crippen LogP contribution in [0.15, 0.2) is 77.5 Å². The van der Waals surface area contributed by atoms with E-state index >= 15 is 0 Å². The standard InChI is InChI=1S/C29H22Cl2FNO4/c1-3-36-29(35)23-15(2)33-26-18-9-5-6-10-19(18)27(34)25(26)24(23)17-12-20(30)28(21(31)13-17)37-14-16-8-4-7-11-22(16)32/h4-13,24,33H,3,14H2,1-2H3/t24-/m1/s1. The summed E-state index contributed by atoms with van der Waals surface area (Å²) in [6.45, 7) is 3.58. The number of benzene rings is 3. The van der Waals surface area contributed by atoms with Crippen molar-refractivity contribution in [2.75, 3.05) is 6.61 Å². The second kappa shape index (κ2) is 10.0. The molecular weight excluding hydrogens is 516 g/mol. The van der Waals surface area contributed by atoms with Crippen molar-refractivity contribution in [3.8, 4) is 5.75 Å². The van der Waals surface area contributed by atoms with Crippen LogP contribution in [0.25, 0.3) is 5.70 Å². The Balaban J connectivity index is 1.59. The molecule has 0 unspecified atom stereocenters. The molecule has 5 nitrogen and oxygen atoms in total. The average Bonchev–Trinajstić information content (AvgIpc) is 3.15. The van der Waals surface area contributed by atoms with Gasteiger partial charge in [-0.15, -0.1) is 0 Å². The zero-order valence-corrected chi connectivity index (χ0v) is 21.5. The summed E-state index contributed by atoms with van der Waals surface area (Å²) in [6, 6.07) is 16.8. The summed E-state index contributed by atoms with van der Waals surface area (Å²) >= 11 is 13.2. The van der Waals surface area contributed by atoms with Gasteiger partial charge in [0.1, 0.15) is 12.4 Å². The Bertz CT molecular complexity index is 1490. The predicted octanol–water partition coefficient (Wildman–Crippen LogP) is 6.84. The maximum Gasteiger partial charge on any atom is 0.336 e. The van der Waals surface area contributed by atoms with Crippen LogP contribution in [0.2, 0.25) is 10.0 Å². The minimum atomic E-state index is -0.772. The molecule has 5 rings (SSSR count). The molecule has 0 spiro atoms. The highest BCUT2D eigenvalue weighted by atomic mass is 35.5. The average molecular weight is 538 g/mol. The highest BCUT2D eigenvalue weighted by Crippen LogP contribution is 2.48. The molecule has 0 bridgehead atoms. The van der Waals surface area contributed by atoms with Crippen molar-refractivity contribution in [3.63, 3.8) is 0 Å². The minimum Gasteiger partial charge on any atom is -0.486 e. The molecule has 0 radical (unpaired) electrons. The van der Waals surface area contributed by atoms with E-state index in [9.17, 15) is 14.0 Å². The third-order valence-corrected chi connectivity index (χ3v) is 6.99. The van der Waals surface area contributed by atoms with Gasteiger partial charge >= 0.3 is 5.97 Å². The molecule has 8 heteroatoms. The number of carbonyl (C=O) groups is 2. The smallest absolute Gasteiger partial charge is 0.336 e. The number of allylic oxidation sites excluding steroid dienone is 2. The highest BCUT2D eigenvalue weighted by Gasteiger charge is 2.43. The number of fused-ring (bicyclic) bond motifs is 2. The van der Waals surface area contributed by atoms with Crippen LogP contribution in [0.1, 0.15) is 46.8 Å². The van der Waals surface area contributed by atoms with Crippen molar-refractivity contribution in [2.45, 2.75) is 26.4 Å². The number of dihydropyridines is 1. The van der Waals surface area contributed by atoms with Gasteiger partial charge in [-0.25, -0.2) is 9.18 Å². The zero-order chi connectivity index (χ0) is 26.3. The molecule has 188 valence electrons. The highest BCUT2D eigenvalue weighted by molar-refractivity contribution is 6.37. The molecule has 0 fully saturated rings. The van der Waals surface area contributed by atoms with Gasteiger partial charge in [-0.2, -0.15) is 0 Å². The van der Waals surface area contributed by atoms with Crippen molar-refractivity contribution in [1.82, 2.24) is 5.32 Å². The van der Waals surface area contributed by atoms with E-state index in [-0.39, 0.29) is 34.8 Å². The largest absolute Gasteiger partial charge is 0.486 e. The Morgan fingerprint density at radius 1 is 1.03 bits per heavy atom. The van der Waals surface area contributed by atoms with Crippen LogP contribution < -0.4 is 10.1 Å². The van der Waals surface area contributed by atoms with E-state index in [0.717, 1.165) is 5.56 Å². The monoisotopic (exact) mass is 537 g/mol. The number of carbonyl (C=O) groups excluding carboxylic acids is 2. The maximum absolute atomic E-state index is 14.1. The van der Waals surface area contributed by atoms with E-state index in [1.807, 2.05) is 12.1 Å². The van der Waals surface area contributed by atoms with Crippen molar-refractivity contribution >= 4 is 40.7 Å². The van der Waals surface area contributed by atoms with E-state index in [0.29, 0.717) is 39.2 Å². The molecule has 1 aliphatic heterocycles. The molecule has 1 heterocycles. The molecule has 37 heavy (non-hydrogen) atoms. The van der Waals surface area contributed by atoms with E-state index in [4.69, 9.17) is 32.7 Å². The summed E-state index contributed by atoms with van der Waals surface area (Å²) in [5.74, 6) is -1.73. The zero-order valence-electron chi connectivity index (χ0n) is 20.0. The van der Waals surface area contributed by atoms with Crippen LogP contribution >= 0.6 is 23.2 Å². The van der Waals surface area contributed by atoms with E-state index in [1.54, 1.807) is 56.3 Å². The molecule has 2 aliphatic rings. The quantitative estimate of drug-likeness (QED) is 0.348. The third kappa shape index (κ3) is 4.41. The van der Waals surface area contributed by atoms with Gasteiger partial charge in [-0.05, 0) is 37.6 Å². The lowest BCUT2D eigenvalue weighted by Gasteiger charge is -2.29. The number of ketones is 1. The Labute approximate surface area is 223 Å². The van der Waals surface area contributed by atoms with Gasteiger partial charge in [-0.3, -0.25) is 4.79 Å². The lowest BCUT2D eigenvalue weighted by Crippen LogP contribution is -2.29. The van der Waals surface area contributed by atoms with Crippen LogP contribution in [0, 0.1) is 5.82 Å². The lowest BCUT2D eigenvalue weighted by atomic mass is 9.80. The molecule has 1 N–H and O–H groups in total. The molecular formula is C29H22Cl2FNO4. The molecule has 1 atom stereocenters. The molecule has 1 aliphatic carbocycles. The minimum absolute atomic E-state index is 0.0744. The van der Waals surface area contributed by atoms with Gasteiger partial charge in [-0.1, -0.05) is 65.7 Å². The van der Waals surface area contributed by atoms with Crippen molar-refractivity contribution in [1.29, 1.82) is 0 Å². The third-order valence-electron chi connectivity index (χ3n) is 6.43. The number of nitrogens with one attached hydrogen (secondary N) is 1. The van der Waals surface area contributed by atoms with Crippen LogP contribution in [-0.4, -0.2) is 18.4 Å². The van der Waals surface area contributed by atoms with Crippen molar-refractivity contribution < 1.29 is 23.5 Å². The summed E-state index contributed by atoms with van der Waals surface area (Å²) in [5.41, 5.74) is 4.12. The molecule has 3 aromatic rings. The predicted molar refractivity (Wildman–Crippen MR) is 140 cm³/mol. The Hall–Kier alpha value is -3.61. The number of esters is 1. The number of hydrogen-bond acceptors (Lipinski definition) is 5. The Morgan fingerprint density at radius 2 is 1.68 bits per heavy atom. The van der Waals surface area contributed by atoms with Gasteiger partial charge in [0.05, 0.1) is 27.9 Å². The Morgan fingerprint density at radius 3 is 2.35 bits per heavy atom. The molecule has 0 saturated heterocycles. The van der Waals surface area contributed by atoms with Crippen molar-refractivity contribution in [2.24, 2.45) is 0 Å². The van der Waals surface area contributed by atoms with Gasteiger partial charge in [0.15, 0.2) is 11.5 Å². The summed E-state index contributed by atoms with van der Waals surface area (Å²) in [5, 5.41) is 3.59. The van der Waals surface area contributed by atoms with Crippen LogP contribution in [-0.2, 0) is 16.1 Å². The summed E-state index contributed by atoms with van der Waals surface area (Å²) in [4.78, 5) is 26.7. The summed E-state index contributed by atoms with van der Waals surface area (Å²) in [7, 11) is 0. The number of halogens is 3. The van der Waals surface area contributed by atoms with E-state index in [2.05, 4.69) is 5.32 Å².